The molecule has 1 aromatic heterocycles. The summed E-state index contributed by atoms with van der Waals surface area (Å²) in [6, 6.07) is 3.59. The Balaban J connectivity index is 2.49. The van der Waals surface area contributed by atoms with Gasteiger partial charge in [0, 0.05) is 15.3 Å². The molecule has 0 radical (unpaired) electrons. The number of hydrogen-bond donors (Lipinski definition) is 1. The molecule has 0 spiro atoms. The summed E-state index contributed by atoms with van der Waals surface area (Å²) in [5, 5.41) is 10.1. The zero-order valence-electron chi connectivity index (χ0n) is 9.80. The fraction of sp³-hybridized carbons (Fsp3) is 0.231. The Hall–Kier alpha value is -1.33. The van der Waals surface area contributed by atoms with Crippen LogP contribution in [0.2, 0.25) is 0 Å². The van der Waals surface area contributed by atoms with E-state index in [0.29, 0.717) is 5.56 Å². The van der Waals surface area contributed by atoms with Gasteiger partial charge in [0.05, 0.1) is 0 Å². The summed E-state index contributed by atoms with van der Waals surface area (Å²) in [4.78, 5) is 1.79. The van der Waals surface area contributed by atoms with Crippen molar-refractivity contribution >= 4 is 11.3 Å². The van der Waals surface area contributed by atoms with Crippen molar-refractivity contribution in [2.24, 2.45) is 0 Å². The van der Waals surface area contributed by atoms with Gasteiger partial charge >= 0.3 is 0 Å². The molecule has 0 bridgehead atoms. The Morgan fingerprint density at radius 3 is 2.28 bits per heavy atom. The molecule has 0 saturated carbocycles. The molecule has 0 amide bonds. The average molecular weight is 272 g/mol. The molecule has 18 heavy (non-hydrogen) atoms. The first-order valence-electron chi connectivity index (χ1n) is 5.30. The fourth-order valence-electron chi connectivity index (χ4n) is 1.84. The molecule has 1 N–H and O–H groups in total. The third-order valence-corrected chi connectivity index (χ3v) is 3.72. The lowest BCUT2D eigenvalue weighted by molar-refractivity contribution is 0.212. The van der Waals surface area contributed by atoms with Crippen LogP contribution in [0.15, 0.2) is 18.2 Å². The third-order valence-electron chi connectivity index (χ3n) is 2.73. The molecule has 2 rings (SSSR count). The first kappa shape index (κ1) is 13.1. The van der Waals surface area contributed by atoms with E-state index in [1.807, 2.05) is 6.92 Å². The van der Waals surface area contributed by atoms with Crippen LogP contribution in [0, 0.1) is 31.3 Å². The minimum absolute atomic E-state index is 0.255. The standard InChI is InChI=1S/C13H11F3OS/c1-6-5-9(7(2)18-6)13(17)8-3-4-10(14)12(16)11(8)15/h3-5,13,17H,1-2H3. The average Bonchev–Trinajstić information content (AvgIpc) is 2.65. The zero-order chi connectivity index (χ0) is 13.4. The van der Waals surface area contributed by atoms with Gasteiger partial charge in [-0.25, -0.2) is 13.2 Å². The molecular weight excluding hydrogens is 261 g/mol. The van der Waals surface area contributed by atoms with Crippen LogP contribution in [0.5, 0.6) is 0 Å². The van der Waals surface area contributed by atoms with Crippen LogP contribution in [0.3, 0.4) is 0 Å². The molecule has 1 nitrogen and oxygen atoms in total. The predicted molar refractivity (Wildman–Crippen MR) is 64.2 cm³/mol. The van der Waals surface area contributed by atoms with E-state index in [-0.39, 0.29) is 5.56 Å². The topological polar surface area (TPSA) is 20.2 Å². The Bertz CT molecular complexity index is 592. The van der Waals surface area contributed by atoms with Crippen LogP contribution < -0.4 is 0 Å². The highest BCUT2D eigenvalue weighted by Gasteiger charge is 2.22. The number of aryl methyl sites for hydroxylation is 2. The van der Waals surface area contributed by atoms with E-state index in [0.717, 1.165) is 21.9 Å². The number of aliphatic hydroxyl groups is 1. The molecule has 96 valence electrons. The maximum absolute atomic E-state index is 13.6. The molecule has 0 saturated heterocycles. The Labute approximate surface area is 107 Å². The zero-order valence-corrected chi connectivity index (χ0v) is 10.6. The normalized spacial score (nSPS) is 12.8. The molecule has 0 aliphatic rings. The number of halogens is 3. The summed E-state index contributed by atoms with van der Waals surface area (Å²) in [6.07, 6.45) is -1.29. The van der Waals surface area contributed by atoms with Gasteiger partial charge in [-0.2, -0.15) is 0 Å². The van der Waals surface area contributed by atoms with Gasteiger partial charge in [0.1, 0.15) is 6.10 Å². The van der Waals surface area contributed by atoms with Crippen LogP contribution in [-0.2, 0) is 0 Å². The minimum Gasteiger partial charge on any atom is -0.384 e. The summed E-state index contributed by atoms with van der Waals surface area (Å²) in [7, 11) is 0. The van der Waals surface area contributed by atoms with E-state index >= 15 is 0 Å². The molecule has 0 fully saturated rings. The van der Waals surface area contributed by atoms with Crippen LogP contribution >= 0.6 is 11.3 Å². The van der Waals surface area contributed by atoms with Gasteiger partial charge in [-0.05, 0) is 31.5 Å². The Morgan fingerprint density at radius 2 is 1.72 bits per heavy atom. The van der Waals surface area contributed by atoms with Gasteiger partial charge in [0.2, 0.25) is 0 Å². The first-order valence-corrected chi connectivity index (χ1v) is 6.12. The highest BCUT2D eigenvalue weighted by molar-refractivity contribution is 7.12. The van der Waals surface area contributed by atoms with Crippen LogP contribution in [0.25, 0.3) is 0 Å². The number of hydrogen-bond acceptors (Lipinski definition) is 2. The van der Waals surface area contributed by atoms with E-state index < -0.39 is 23.6 Å². The van der Waals surface area contributed by atoms with Crippen molar-refractivity contribution in [2.75, 3.05) is 0 Å². The van der Waals surface area contributed by atoms with Crippen LogP contribution in [0.4, 0.5) is 13.2 Å². The fourth-order valence-corrected chi connectivity index (χ4v) is 2.80. The quantitative estimate of drug-likeness (QED) is 0.823. The second kappa shape index (κ2) is 4.74. The van der Waals surface area contributed by atoms with Gasteiger partial charge in [-0.1, -0.05) is 6.07 Å². The van der Waals surface area contributed by atoms with Gasteiger partial charge in [0.15, 0.2) is 17.5 Å². The summed E-state index contributed by atoms with van der Waals surface area (Å²) >= 11 is 1.46. The van der Waals surface area contributed by atoms with Crippen molar-refractivity contribution in [3.05, 3.63) is 56.5 Å². The summed E-state index contributed by atoms with van der Waals surface area (Å²) < 4.78 is 39.5. The lowest BCUT2D eigenvalue weighted by Gasteiger charge is -2.12. The third kappa shape index (κ3) is 2.15. The molecule has 1 heterocycles. The van der Waals surface area contributed by atoms with E-state index in [4.69, 9.17) is 0 Å². The first-order chi connectivity index (χ1) is 8.41. The maximum Gasteiger partial charge on any atom is 0.194 e. The second-order valence-electron chi connectivity index (χ2n) is 4.04. The lowest BCUT2D eigenvalue weighted by atomic mass is 10.0. The molecule has 1 unspecified atom stereocenters. The van der Waals surface area contributed by atoms with Crippen LogP contribution in [-0.4, -0.2) is 5.11 Å². The maximum atomic E-state index is 13.6. The van der Waals surface area contributed by atoms with E-state index in [1.165, 1.54) is 11.3 Å². The van der Waals surface area contributed by atoms with Crippen molar-refractivity contribution in [1.29, 1.82) is 0 Å². The molecule has 1 aromatic carbocycles. The molecule has 5 heteroatoms. The van der Waals surface area contributed by atoms with Gasteiger partial charge < -0.3 is 5.11 Å². The van der Waals surface area contributed by atoms with Crippen molar-refractivity contribution in [3.63, 3.8) is 0 Å². The van der Waals surface area contributed by atoms with E-state index in [2.05, 4.69) is 0 Å². The van der Waals surface area contributed by atoms with Crippen molar-refractivity contribution in [1.82, 2.24) is 0 Å². The largest absolute Gasteiger partial charge is 0.384 e. The number of benzene rings is 1. The monoisotopic (exact) mass is 272 g/mol. The summed E-state index contributed by atoms with van der Waals surface area (Å²) in [6.45, 7) is 3.64. The van der Waals surface area contributed by atoms with Gasteiger partial charge in [-0.15, -0.1) is 11.3 Å². The Morgan fingerprint density at radius 1 is 1.06 bits per heavy atom. The second-order valence-corrected chi connectivity index (χ2v) is 5.50. The van der Waals surface area contributed by atoms with E-state index in [1.54, 1.807) is 13.0 Å². The van der Waals surface area contributed by atoms with Crippen molar-refractivity contribution in [3.8, 4) is 0 Å². The number of thiophene rings is 1. The number of aliphatic hydroxyl groups excluding tert-OH is 1. The SMILES string of the molecule is Cc1cc(C(O)c2ccc(F)c(F)c2F)c(C)s1. The van der Waals surface area contributed by atoms with Crippen LogP contribution in [0.1, 0.15) is 27.0 Å². The molecule has 2 aromatic rings. The van der Waals surface area contributed by atoms with Crippen molar-refractivity contribution < 1.29 is 18.3 Å². The lowest BCUT2D eigenvalue weighted by Crippen LogP contribution is -2.05. The van der Waals surface area contributed by atoms with E-state index in [9.17, 15) is 18.3 Å². The summed E-state index contributed by atoms with van der Waals surface area (Å²) in [5.41, 5.74) is 0.261. The van der Waals surface area contributed by atoms with Crippen molar-refractivity contribution in [2.45, 2.75) is 20.0 Å². The summed E-state index contributed by atoms with van der Waals surface area (Å²) in [5.74, 6) is -4.16. The predicted octanol–water partition coefficient (Wildman–Crippen LogP) is 3.86. The van der Waals surface area contributed by atoms with Gasteiger partial charge in [0.25, 0.3) is 0 Å². The highest BCUT2D eigenvalue weighted by Crippen LogP contribution is 2.32. The highest BCUT2D eigenvalue weighted by atomic mass is 32.1. The van der Waals surface area contributed by atoms with Gasteiger partial charge in [-0.3, -0.25) is 0 Å². The smallest absolute Gasteiger partial charge is 0.194 e. The molecular formula is C13H11F3OS. The Kier molecular flexibility index (Phi) is 3.45. The molecule has 0 aliphatic carbocycles. The number of rotatable bonds is 2. The minimum atomic E-state index is -1.56. The molecule has 1 atom stereocenters. The molecule has 0 aliphatic heterocycles.